The molecule has 0 aliphatic rings. The Morgan fingerprint density at radius 1 is 1.05 bits per heavy atom. The zero-order chi connectivity index (χ0) is 13.9. The maximum absolute atomic E-state index is 10.0. The molecule has 2 aromatic heterocycles. The summed E-state index contributed by atoms with van der Waals surface area (Å²) in [6.45, 7) is -0.147. The lowest BCUT2D eigenvalue weighted by molar-refractivity contribution is 0.277. The largest absolute Gasteiger partial charge is 0.507 e. The van der Waals surface area contributed by atoms with E-state index in [0.717, 1.165) is 16.7 Å². The number of hydrogen-bond acceptors (Lipinski definition) is 4. The van der Waals surface area contributed by atoms with E-state index >= 15 is 0 Å². The van der Waals surface area contributed by atoms with Crippen LogP contribution in [0.3, 0.4) is 0 Å². The van der Waals surface area contributed by atoms with Crippen molar-refractivity contribution in [3.63, 3.8) is 0 Å². The van der Waals surface area contributed by atoms with Crippen LogP contribution in [0, 0.1) is 0 Å². The molecule has 3 aromatic rings. The van der Waals surface area contributed by atoms with Gasteiger partial charge in [-0.05, 0) is 23.8 Å². The Hall–Kier alpha value is -2.59. The summed E-state index contributed by atoms with van der Waals surface area (Å²) in [6, 6.07) is 10.7. The highest BCUT2D eigenvalue weighted by Gasteiger charge is 2.13. The first-order valence-electron chi connectivity index (χ1n) is 6.20. The molecule has 0 atom stereocenters. The molecule has 0 amide bonds. The van der Waals surface area contributed by atoms with Crippen LogP contribution < -0.4 is 0 Å². The summed E-state index contributed by atoms with van der Waals surface area (Å²) in [7, 11) is 0. The van der Waals surface area contributed by atoms with E-state index in [9.17, 15) is 10.2 Å². The zero-order valence-corrected chi connectivity index (χ0v) is 10.7. The number of aliphatic hydroxyl groups is 1. The van der Waals surface area contributed by atoms with Gasteiger partial charge in [-0.2, -0.15) is 0 Å². The van der Waals surface area contributed by atoms with E-state index in [1.807, 2.05) is 18.2 Å². The second kappa shape index (κ2) is 5.19. The summed E-state index contributed by atoms with van der Waals surface area (Å²) >= 11 is 0. The van der Waals surface area contributed by atoms with Crippen molar-refractivity contribution < 1.29 is 14.6 Å². The number of aliphatic hydroxyl groups excluding tert-OH is 1. The average Bonchev–Trinajstić information content (AvgIpc) is 3.01. The number of nitrogens with zero attached hydrogens (tertiary/aromatic N) is 1. The topological polar surface area (TPSA) is 66.5 Å². The van der Waals surface area contributed by atoms with Crippen molar-refractivity contribution in [3.05, 3.63) is 60.8 Å². The molecule has 0 aliphatic heterocycles. The Balaban J connectivity index is 2.24. The fourth-order valence-electron chi connectivity index (χ4n) is 2.16. The molecule has 0 saturated carbocycles. The highest BCUT2D eigenvalue weighted by Crippen LogP contribution is 2.36. The lowest BCUT2D eigenvalue weighted by Crippen LogP contribution is -1.93. The van der Waals surface area contributed by atoms with Crippen LogP contribution in [-0.4, -0.2) is 15.2 Å². The van der Waals surface area contributed by atoms with Gasteiger partial charge in [0.2, 0.25) is 0 Å². The van der Waals surface area contributed by atoms with Crippen molar-refractivity contribution in [2.24, 2.45) is 0 Å². The first kappa shape index (κ1) is 12.4. The number of aromatic hydroxyl groups is 1. The number of rotatable bonds is 3. The number of phenols is 1. The maximum Gasteiger partial charge on any atom is 0.123 e. The first-order valence-corrected chi connectivity index (χ1v) is 6.20. The first-order chi connectivity index (χ1) is 9.79. The number of para-hydroxylation sites is 1. The van der Waals surface area contributed by atoms with E-state index < -0.39 is 0 Å². The van der Waals surface area contributed by atoms with Gasteiger partial charge in [0.15, 0.2) is 0 Å². The van der Waals surface area contributed by atoms with E-state index in [1.54, 1.807) is 36.9 Å². The van der Waals surface area contributed by atoms with Crippen molar-refractivity contribution in [2.45, 2.75) is 6.61 Å². The Kier molecular flexibility index (Phi) is 3.23. The summed E-state index contributed by atoms with van der Waals surface area (Å²) in [5, 5.41) is 19.3. The van der Waals surface area contributed by atoms with Gasteiger partial charge >= 0.3 is 0 Å². The third-order valence-electron chi connectivity index (χ3n) is 3.15. The number of aromatic nitrogens is 1. The third-order valence-corrected chi connectivity index (χ3v) is 3.15. The van der Waals surface area contributed by atoms with Crippen LogP contribution in [0.2, 0.25) is 0 Å². The van der Waals surface area contributed by atoms with E-state index in [4.69, 9.17) is 4.42 Å². The van der Waals surface area contributed by atoms with Gasteiger partial charge in [0.25, 0.3) is 0 Å². The molecule has 0 bridgehead atoms. The van der Waals surface area contributed by atoms with E-state index in [-0.39, 0.29) is 12.4 Å². The van der Waals surface area contributed by atoms with Crippen LogP contribution in [0.25, 0.3) is 22.3 Å². The van der Waals surface area contributed by atoms with E-state index in [2.05, 4.69) is 4.98 Å². The van der Waals surface area contributed by atoms with Gasteiger partial charge in [-0.3, -0.25) is 4.98 Å². The summed E-state index contributed by atoms with van der Waals surface area (Å²) in [6.07, 6.45) is 4.89. The van der Waals surface area contributed by atoms with Crippen molar-refractivity contribution >= 4 is 0 Å². The SMILES string of the molecule is OCc1cc(-c2ccccc2O)c(-c2ccoc2)cn1. The Morgan fingerprint density at radius 2 is 1.90 bits per heavy atom. The lowest BCUT2D eigenvalue weighted by Gasteiger charge is -2.11. The molecular formula is C16H13NO3. The predicted octanol–water partition coefficient (Wildman–Crippen LogP) is 3.21. The molecule has 2 N–H and O–H groups in total. The quantitative estimate of drug-likeness (QED) is 0.764. The molecule has 0 spiro atoms. The van der Waals surface area contributed by atoms with Gasteiger partial charge in [0, 0.05) is 22.9 Å². The maximum atomic E-state index is 10.0. The van der Waals surface area contributed by atoms with Crippen LogP contribution >= 0.6 is 0 Å². The summed E-state index contributed by atoms with van der Waals surface area (Å²) in [4.78, 5) is 4.20. The number of phenolic OH excluding ortho intramolecular Hbond substituents is 1. The van der Waals surface area contributed by atoms with Crippen molar-refractivity contribution in [1.29, 1.82) is 0 Å². The molecule has 0 unspecified atom stereocenters. The molecule has 2 heterocycles. The standard InChI is InChI=1S/C16H13NO3/c18-9-12-7-14(13-3-1-2-4-16(13)19)15(8-17-12)11-5-6-20-10-11/h1-8,10,18-19H,9H2. The van der Waals surface area contributed by atoms with Crippen molar-refractivity contribution in [1.82, 2.24) is 4.98 Å². The van der Waals surface area contributed by atoms with E-state index in [0.29, 0.717) is 11.3 Å². The molecule has 0 fully saturated rings. The summed E-state index contributed by atoms with van der Waals surface area (Å²) < 4.78 is 5.11. The summed E-state index contributed by atoms with van der Waals surface area (Å²) in [5.41, 5.74) is 3.78. The number of hydrogen-bond donors (Lipinski definition) is 2. The Morgan fingerprint density at radius 3 is 2.60 bits per heavy atom. The second-order valence-electron chi connectivity index (χ2n) is 4.41. The third kappa shape index (κ3) is 2.17. The molecule has 0 saturated heterocycles. The molecule has 3 rings (SSSR count). The molecule has 4 heteroatoms. The number of pyridine rings is 1. The summed E-state index contributed by atoms with van der Waals surface area (Å²) in [5.74, 6) is 0.187. The van der Waals surface area contributed by atoms with Gasteiger partial charge < -0.3 is 14.6 Å². The zero-order valence-electron chi connectivity index (χ0n) is 10.7. The smallest absolute Gasteiger partial charge is 0.123 e. The minimum Gasteiger partial charge on any atom is -0.507 e. The minimum absolute atomic E-state index is 0.147. The van der Waals surface area contributed by atoms with Crippen LogP contribution in [0.5, 0.6) is 5.75 Å². The molecule has 20 heavy (non-hydrogen) atoms. The predicted molar refractivity (Wildman–Crippen MR) is 75.0 cm³/mol. The van der Waals surface area contributed by atoms with Crippen molar-refractivity contribution in [3.8, 4) is 28.0 Å². The molecule has 1 aromatic carbocycles. The number of benzene rings is 1. The second-order valence-corrected chi connectivity index (χ2v) is 4.41. The van der Waals surface area contributed by atoms with Gasteiger partial charge in [-0.15, -0.1) is 0 Å². The van der Waals surface area contributed by atoms with Crippen LogP contribution in [0.1, 0.15) is 5.69 Å². The highest BCUT2D eigenvalue weighted by atomic mass is 16.3. The molecule has 4 nitrogen and oxygen atoms in total. The van der Waals surface area contributed by atoms with Gasteiger partial charge in [0.1, 0.15) is 5.75 Å². The number of furan rings is 1. The average molecular weight is 267 g/mol. The van der Waals surface area contributed by atoms with Crippen LogP contribution in [-0.2, 0) is 6.61 Å². The fraction of sp³-hybridized carbons (Fsp3) is 0.0625. The van der Waals surface area contributed by atoms with E-state index in [1.165, 1.54) is 0 Å². The monoisotopic (exact) mass is 267 g/mol. The van der Waals surface area contributed by atoms with Gasteiger partial charge in [0.05, 0.1) is 24.8 Å². The Bertz CT molecular complexity index is 720. The molecule has 0 aliphatic carbocycles. The van der Waals surface area contributed by atoms with Crippen LogP contribution in [0.15, 0.2) is 59.5 Å². The molecule has 100 valence electrons. The molecule has 0 radical (unpaired) electrons. The minimum atomic E-state index is -0.147. The van der Waals surface area contributed by atoms with Crippen LogP contribution in [0.4, 0.5) is 0 Å². The van der Waals surface area contributed by atoms with Gasteiger partial charge in [-0.1, -0.05) is 18.2 Å². The normalized spacial score (nSPS) is 10.7. The molecular weight excluding hydrogens is 254 g/mol. The fourth-order valence-corrected chi connectivity index (χ4v) is 2.16. The highest BCUT2D eigenvalue weighted by molar-refractivity contribution is 5.85. The van der Waals surface area contributed by atoms with Crippen molar-refractivity contribution in [2.75, 3.05) is 0 Å². The lowest BCUT2D eigenvalue weighted by atomic mass is 9.96. The Labute approximate surface area is 116 Å². The van der Waals surface area contributed by atoms with Gasteiger partial charge in [-0.25, -0.2) is 0 Å².